The number of halogens is 1. The van der Waals surface area contributed by atoms with Gasteiger partial charge < -0.3 is 15.4 Å². The number of aromatic nitrogens is 1. The first-order valence-electron chi connectivity index (χ1n) is 6.70. The van der Waals surface area contributed by atoms with Crippen molar-refractivity contribution in [3.8, 4) is 5.88 Å². The Bertz CT molecular complexity index is 621. The number of guanidine groups is 1. The molecule has 1 aliphatic heterocycles. The Hall–Kier alpha value is -1.10. The standard InChI is InChI=1S/C13H20N4O3S.HI/c1-14-13(17-11-6-7-21(18,19)9-11)15-8-10-4-3-5-12(16-10)20-2;/h3-5,11H,6-9H2,1-2H3,(H2,14,15,17);1H. The number of hydrogen-bond donors (Lipinski definition) is 2. The lowest BCUT2D eigenvalue weighted by molar-refractivity contribution is 0.396. The van der Waals surface area contributed by atoms with Gasteiger partial charge in [-0.15, -0.1) is 24.0 Å². The average Bonchev–Trinajstić information content (AvgIpc) is 2.82. The predicted molar refractivity (Wildman–Crippen MR) is 96.6 cm³/mol. The summed E-state index contributed by atoms with van der Waals surface area (Å²) in [4.78, 5) is 8.39. The van der Waals surface area contributed by atoms with E-state index in [1.807, 2.05) is 12.1 Å². The lowest BCUT2D eigenvalue weighted by atomic mass is 10.3. The number of nitrogens with one attached hydrogen (secondary N) is 2. The predicted octanol–water partition coefficient (Wildman–Crippen LogP) is 0.560. The minimum Gasteiger partial charge on any atom is -0.481 e. The van der Waals surface area contributed by atoms with Gasteiger partial charge in [-0.25, -0.2) is 13.4 Å². The van der Waals surface area contributed by atoms with Gasteiger partial charge in [0.25, 0.3) is 0 Å². The lowest BCUT2D eigenvalue weighted by Gasteiger charge is -2.16. The van der Waals surface area contributed by atoms with Crippen molar-refractivity contribution in [1.29, 1.82) is 0 Å². The third kappa shape index (κ3) is 5.59. The van der Waals surface area contributed by atoms with E-state index in [-0.39, 0.29) is 41.5 Å². The Kier molecular flexibility index (Phi) is 7.33. The highest BCUT2D eigenvalue weighted by Gasteiger charge is 2.28. The molecular weight excluding hydrogens is 419 g/mol. The molecule has 1 fully saturated rings. The molecule has 7 nitrogen and oxygen atoms in total. The zero-order chi connectivity index (χ0) is 15.3. The smallest absolute Gasteiger partial charge is 0.213 e. The van der Waals surface area contributed by atoms with Crippen LogP contribution in [0.3, 0.4) is 0 Å². The molecule has 1 unspecified atom stereocenters. The molecule has 0 bridgehead atoms. The summed E-state index contributed by atoms with van der Waals surface area (Å²) in [6.45, 7) is 0.482. The molecule has 1 atom stereocenters. The van der Waals surface area contributed by atoms with Gasteiger partial charge in [-0.1, -0.05) is 6.07 Å². The highest BCUT2D eigenvalue weighted by molar-refractivity contribution is 14.0. The molecule has 1 saturated heterocycles. The molecule has 2 N–H and O–H groups in total. The van der Waals surface area contributed by atoms with E-state index in [1.165, 1.54) is 0 Å². The maximum absolute atomic E-state index is 11.4. The molecule has 0 saturated carbocycles. The van der Waals surface area contributed by atoms with Crippen LogP contribution < -0.4 is 15.4 Å². The number of nitrogens with zero attached hydrogens (tertiary/aromatic N) is 2. The van der Waals surface area contributed by atoms with Crippen molar-refractivity contribution in [2.45, 2.75) is 19.0 Å². The number of hydrogen-bond acceptors (Lipinski definition) is 5. The second kappa shape index (κ2) is 8.51. The van der Waals surface area contributed by atoms with Crippen molar-refractivity contribution in [2.75, 3.05) is 25.7 Å². The summed E-state index contributed by atoms with van der Waals surface area (Å²) in [6.07, 6.45) is 0.612. The Morgan fingerprint density at radius 1 is 1.50 bits per heavy atom. The zero-order valence-electron chi connectivity index (χ0n) is 12.6. The van der Waals surface area contributed by atoms with E-state index in [1.54, 1.807) is 20.2 Å². The van der Waals surface area contributed by atoms with Crippen LogP contribution in [0, 0.1) is 0 Å². The van der Waals surface area contributed by atoms with Crippen molar-refractivity contribution in [2.24, 2.45) is 4.99 Å². The van der Waals surface area contributed by atoms with Crippen LogP contribution in [0.5, 0.6) is 5.88 Å². The van der Waals surface area contributed by atoms with Gasteiger partial charge in [0, 0.05) is 19.2 Å². The minimum atomic E-state index is -2.90. The van der Waals surface area contributed by atoms with E-state index < -0.39 is 9.84 Å². The van der Waals surface area contributed by atoms with Gasteiger partial charge in [-0.3, -0.25) is 4.99 Å². The van der Waals surface area contributed by atoms with Gasteiger partial charge in [0.15, 0.2) is 15.8 Å². The first-order chi connectivity index (χ1) is 10.0. The number of aliphatic imine (C=N–C) groups is 1. The van der Waals surface area contributed by atoms with Crippen molar-refractivity contribution in [3.05, 3.63) is 23.9 Å². The maximum atomic E-state index is 11.4. The van der Waals surface area contributed by atoms with Crippen molar-refractivity contribution in [1.82, 2.24) is 15.6 Å². The number of sulfone groups is 1. The molecule has 124 valence electrons. The van der Waals surface area contributed by atoms with Crippen LogP contribution in [0.1, 0.15) is 12.1 Å². The highest BCUT2D eigenvalue weighted by atomic mass is 127. The summed E-state index contributed by atoms with van der Waals surface area (Å²) in [5.74, 6) is 1.52. The number of methoxy groups -OCH3 is 1. The van der Waals surface area contributed by atoms with Crippen LogP contribution >= 0.6 is 24.0 Å². The van der Waals surface area contributed by atoms with Gasteiger partial charge in [0.1, 0.15) is 0 Å². The molecule has 2 heterocycles. The summed E-state index contributed by atoms with van der Waals surface area (Å²) in [6, 6.07) is 5.44. The summed E-state index contributed by atoms with van der Waals surface area (Å²) < 4.78 is 27.9. The van der Waals surface area contributed by atoms with Crippen LogP contribution in [0.15, 0.2) is 23.2 Å². The summed E-state index contributed by atoms with van der Waals surface area (Å²) in [7, 11) is 0.321. The average molecular weight is 440 g/mol. The minimum absolute atomic E-state index is 0. The monoisotopic (exact) mass is 440 g/mol. The fourth-order valence-corrected chi connectivity index (χ4v) is 3.81. The van der Waals surface area contributed by atoms with E-state index in [9.17, 15) is 8.42 Å². The third-order valence-electron chi connectivity index (χ3n) is 3.22. The van der Waals surface area contributed by atoms with E-state index in [2.05, 4.69) is 20.6 Å². The molecule has 2 rings (SSSR count). The lowest BCUT2D eigenvalue weighted by Crippen LogP contribution is -2.43. The van der Waals surface area contributed by atoms with Crippen LogP contribution in [-0.4, -0.2) is 51.1 Å². The first kappa shape index (κ1) is 18.9. The molecule has 1 aromatic heterocycles. The van der Waals surface area contributed by atoms with Crippen molar-refractivity contribution >= 4 is 39.8 Å². The Balaban J connectivity index is 0.00000242. The normalized spacial score (nSPS) is 20.1. The van der Waals surface area contributed by atoms with Crippen molar-refractivity contribution < 1.29 is 13.2 Å². The largest absolute Gasteiger partial charge is 0.481 e. The van der Waals surface area contributed by atoms with Crippen LogP contribution in [0.25, 0.3) is 0 Å². The topological polar surface area (TPSA) is 92.7 Å². The molecule has 22 heavy (non-hydrogen) atoms. The Morgan fingerprint density at radius 2 is 2.27 bits per heavy atom. The number of pyridine rings is 1. The SMILES string of the molecule is CN=C(NCc1cccc(OC)n1)NC1CCS(=O)(=O)C1.I. The fourth-order valence-electron chi connectivity index (χ4n) is 2.14. The zero-order valence-corrected chi connectivity index (χ0v) is 15.7. The van der Waals surface area contributed by atoms with Gasteiger partial charge in [-0.05, 0) is 12.5 Å². The van der Waals surface area contributed by atoms with Crippen LogP contribution in [0.2, 0.25) is 0 Å². The van der Waals surface area contributed by atoms with Crippen molar-refractivity contribution in [3.63, 3.8) is 0 Å². The van der Waals surface area contributed by atoms with Gasteiger partial charge in [-0.2, -0.15) is 0 Å². The summed E-state index contributed by atoms with van der Waals surface area (Å²) >= 11 is 0. The van der Waals surface area contributed by atoms with E-state index in [4.69, 9.17) is 4.74 Å². The highest BCUT2D eigenvalue weighted by Crippen LogP contribution is 2.11. The quantitative estimate of drug-likeness (QED) is 0.404. The van der Waals surface area contributed by atoms with E-state index in [0.717, 1.165) is 5.69 Å². The molecule has 0 aromatic carbocycles. The van der Waals surface area contributed by atoms with Crippen LogP contribution in [0.4, 0.5) is 0 Å². The Morgan fingerprint density at radius 3 is 2.86 bits per heavy atom. The second-order valence-electron chi connectivity index (χ2n) is 4.84. The van der Waals surface area contributed by atoms with Crippen LogP contribution in [-0.2, 0) is 16.4 Å². The fraction of sp³-hybridized carbons (Fsp3) is 0.538. The van der Waals surface area contributed by atoms with Gasteiger partial charge >= 0.3 is 0 Å². The summed E-state index contributed by atoms with van der Waals surface area (Å²) in [5.41, 5.74) is 0.816. The molecule has 0 aliphatic carbocycles. The molecule has 0 radical (unpaired) electrons. The van der Waals surface area contributed by atoms with E-state index in [0.29, 0.717) is 24.8 Å². The first-order valence-corrected chi connectivity index (χ1v) is 8.52. The molecule has 9 heteroatoms. The molecular formula is C13H21IN4O3S. The summed E-state index contributed by atoms with van der Waals surface area (Å²) in [5, 5.41) is 6.24. The molecule has 1 aromatic rings. The van der Waals surface area contributed by atoms with E-state index >= 15 is 0 Å². The third-order valence-corrected chi connectivity index (χ3v) is 4.99. The number of rotatable bonds is 4. The molecule has 1 aliphatic rings. The Labute approximate surface area is 147 Å². The second-order valence-corrected chi connectivity index (χ2v) is 7.07. The molecule has 0 spiro atoms. The maximum Gasteiger partial charge on any atom is 0.213 e. The van der Waals surface area contributed by atoms with Gasteiger partial charge in [0.2, 0.25) is 5.88 Å². The number of ether oxygens (including phenoxy) is 1. The van der Waals surface area contributed by atoms with Gasteiger partial charge in [0.05, 0.1) is 30.9 Å². The molecule has 0 amide bonds.